The number of hydrogen-bond donors (Lipinski definition) is 0. The van der Waals surface area contributed by atoms with Crippen molar-refractivity contribution in [2.75, 3.05) is 18.6 Å². The Morgan fingerprint density at radius 1 is 1.73 bits per heavy atom. The Balaban J connectivity index is 2.80. The maximum atomic E-state index is 10.9. The maximum absolute atomic E-state index is 10.9. The minimum atomic E-state index is -0.511. The fourth-order valence-electron chi connectivity index (χ4n) is 0.720. The monoisotopic (exact) mass is 169 g/mol. The van der Waals surface area contributed by atoms with Crippen molar-refractivity contribution in [2.24, 2.45) is 0 Å². The number of methoxy groups -OCH3 is 1. The van der Waals surface area contributed by atoms with Crippen molar-refractivity contribution in [1.29, 1.82) is 5.26 Å². The van der Waals surface area contributed by atoms with Crippen LogP contribution in [-0.4, -0.2) is 24.6 Å². The van der Waals surface area contributed by atoms with Gasteiger partial charge in [0.15, 0.2) is 0 Å². The van der Waals surface area contributed by atoms with Gasteiger partial charge in [0.1, 0.15) is 11.6 Å². The molecule has 1 aliphatic rings. The summed E-state index contributed by atoms with van der Waals surface area (Å²) in [5.74, 6) is 1.07. The van der Waals surface area contributed by atoms with E-state index in [1.165, 1.54) is 7.11 Å². The highest BCUT2D eigenvalue weighted by atomic mass is 32.2. The number of esters is 1. The van der Waals surface area contributed by atoms with Crippen LogP contribution in [-0.2, 0) is 9.53 Å². The van der Waals surface area contributed by atoms with Gasteiger partial charge in [-0.05, 0) is 5.57 Å². The molecular formula is C7H7NO2S. The summed E-state index contributed by atoms with van der Waals surface area (Å²) in [5.41, 5.74) is 1.09. The van der Waals surface area contributed by atoms with Crippen molar-refractivity contribution in [3.63, 3.8) is 0 Å². The van der Waals surface area contributed by atoms with Crippen LogP contribution in [0, 0.1) is 11.3 Å². The Morgan fingerprint density at radius 3 is 2.64 bits per heavy atom. The van der Waals surface area contributed by atoms with E-state index in [1.807, 2.05) is 6.07 Å². The quantitative estimate of drug-likeness (QED) is 0.330. The Bertz CT molecular complexity index is 246. The zero-order valence-corrected chi connectivity index (χ0v) is 6.90. The van der Waals surface area contributed by atoms with Crippen LogP contribution in [0.1, 0.15) is 0 Å². The average molecular weight is 169 g/mol. The van der Waals surface area contributed by atoms with Crippen LogP contribution in [0.15, 0.2) is 11.1 Å². The van der Waals surface area contributed by atoms with Gasteiger partial charge in [0.05, 0.1) is 7.11 Å². The van der Waals surface area contributed by atoms with Crippen LogP contribution in [0.3, 0.4) is 0 Å². The Hall–Kier alpha value is -0.950. The molecule has 1 saturated heterocycles. The van der Waals surface area contributed by atoms with E-state index in [1.54, 1.807) is 11.8 Å². The number of ether oxygens (including phenoxy) is 1. The molecule has 0 radical (unpaired) electrons. The van der Waals surface area contributed by atoms with Crippen LogP contribution >= 0.6 is 11.8 Å². The molecule has 1 fully saturated rings. The van der Waals surface area contributed by atoms with Gasteiger partial charge < -0.3 is 4.74 Å². The van der Waals surface area contributed by atoms with Gasteiger partial charge in [0, 0.05) is 11.5 Å². The van der Waals surface area contributed by atoms with Gasteiger partial charge in [-0.15, -0.1) is 0 Å². The molecule has 0 aliphatic carbocycles. The third-order valence-corrected chi connectivity index (χ3v) is 2.51. The van der Waals surface area contributed by atoms with Crippen molar-refractivity contribution in [3.05, 3.63) is 11.1 Å². The molecule has 1 aliphatic heterocycles. The van der Waals surface area contributed by atoms with Gasteiger partial charge in [0.25, 0.3) is 0 Å². The molecule has 58 valence electrons. The molecule has 0 aromatic rings. The first-order chi connectivity index (χ1) is 5.29. The molecule has 0 atom stereocenters. The second kappa shape index (κ2) is 3.44. The number of thioether (sulfide) groups is 1. The molecule has 0 bridgehead atoms. The Labute approximate surface area is 69.0 Å². The largest absolute Gasteiger partial charge is 0.465 e. The average Bonchev–Trinajstić information content (AvgIpc) is 1.94. The molecule has 0 unspecified atom stereocenters. The van der Waals surface area contributed by atoms with Crippen LogP contribution in [0.4, 0.5) is 0 Å². The molecule has 0 amide bonds. The van der Waals surface area contributed by atoms with Crippen LogP contribution < -0.4 is 0 Å². The van der Waals surface area contributed by atoms with E-state index in [0.29, 0.717) is 0 Å². The second-order valence-corrected chi connectivity index (χ2v) is 3.06. The summed E-state index contributed by atoms with van der Waals surface area (Å²) in [6.07, 6.45) is 0. The smallest absolute Gasteiger partial charge is 0.348 e. The molecule has 11 heavy (non-hydrogen) atoms. The van der Waals surface area contributed by atoms with Crippen LogP contribution in [0.2, 0.25) is 0 Å². The van der Waals surface area contributed by atoms with Crippen LogP contribution in [0.25, 0.3) is 0 Å². The summed E-state index contributed by atoms with van der Waals surface area (Å²) >= 11 is 1.70. The molecule has 0 spiro atoms. The van der Waals surface area contributed by atoms with E-state index in [2.05, 4.69) is 4.74 Å². The highest BCUT2D eigenvalue weighted by Gasteiger charge is 2.20. The summed E-state index contributed by atoms with van der Waals surface area (Å²) in [5, 5.41) is 8.54. The first-order valence-corrected chi connectivity index (χ1v) is 4.23. The molecule has 0 aromatic heterocycles. The predicted octanol–water partition coefficient (Wildman–Crippen LogP) is 0.726. The minimum absolute atomic E-state index is 0.186. The molecule has 1 rings (SSSR count). The SMILES string of the molecule is COC(=O)C(C#N)=C1CSC1. The Kier molecular flexibility index (Phi) is 2.55. The molecule has 0 N–H and O–H groups in total. The summed E-state index contributed by atoms with van der Waals surface area (Å²) in [6, 6.07) is 1.85. The van der Waals surface area contributed by atoms with E-state index < -0.39 is 5.97 Å². The predicted molar refractivity (Wildman–Crippen MR) is 42.0 cm³/mol. The molecule has 0 aromatic carbocycles. The minimum Gasteiger partial charge on any atom is -0.465 e. The topological polar surface area (TPSA) is 50.1 Å². The van der Waals surface area contributed by atoms with E-state index in [9.17, 15) is 4.79 Å². The fourth-order valence-corrected chi connectivity index (χ4v) is 1.42. The zero-order chi connectivity index (χ0) is 8.27. The first-order valence-electron chi connectivity index (χ1n) is 3.07. The lowest BCUT2D eigenvalue weighted by Crippen LogP contribution is -2.14. The number of carbonyl (C=O) groups is 1. The molecule has 1 heterocycles. The van der Waals surface area contributed by atoms with Crippen molar-refractivity contribution >= 4 is 17.7 Å². The molecule has 3 nitrogen and oxygen atoms in total. The van der Waals surface area contributed by atoms with E-state index in [4.69, 9.17) is 5.26 Å². The van der Waals surface area contributed by atoms with Crippen molar-refractivity contribution in [3.8, 4) is 6.07 Å². The summed E-state index contributed by atoms with van der Waals surface area (Å²) in [7, 11) is 1.28. The van der Waals surface area contributed by atoms with Gasteiger partial charge in [-0.25, -0.2) is 4.79 Å². The molecular weight excluding hydrogens is 162 g/mol. The normalized spacial score (nSPS) is 14.7. The lowest BCUT2D eigenvalue weighted by molar-refractivity contribution is -0.135. The van der Waals surface area contributed by atoms with Crippen LogP contribution in [0.5, 0.6) is 0 Å². The number of carbonyl (C=O) groups excluding carboxylic acids is 1. The summed E-state index contributed by atoms with van der Waals surface area (Å²) in [6.45, 7) is 0. The third-order valence-electron chi connectivity index (χ3n) is 1.41. The van der Waals surface area contributed by atoms with Gasteiger partial charge in [-0.1, -0.05) is 0 Å². The van der Waals surface area contributed by atoms with Gasteiger partial charge >= 0.3 is 5.97 Å². The van der Waals surface area contributed by atoms with Gasteiger partial charge in [-0.2, -0.15) is 17.0 Å². The highest BCUT2D eigenvalue weighted by molar-refractivity contribution is 8.01. The summed E-state index contributed by atoms with van der Waals surface area (Å²) < 4.78 is 4.43. The van der Waals surface area contributed by atoms with Crippen molar-refractivity contribution in [2.45, 2.75) is 0 Å². The maximum Gasteiger partial charge on any atom is 0.348 e. The zero-order valence-electron chi connectivity index (χ0n) is 6.09. The second-order valence-electron chi connectivity index (χ2n) is 2.07. The lowest BCUT2D eigenvalue weighted by atomic mass is 10.1. The number of nitriles is 1. The summed E-state index contributed by atoms with van der Waals surface area (Å²) in [4.78, 5) is 10.9. The Morgan fingerprint density at radius 2 is 2.36 bits per heavy atom. The van der Waals surface area contributed by atoms with Gasteiger partial charge in [-0.3, -0.25) is 0 Å². The van der Waals surface area contributed by atoms with E-state index >= 15 is 0 Å². The fraction of sp³-hybridized carbons (Fsp3) is 0.429. The number of rotatable bonds is 1. The first kappa shape index (κ1) is 8.15. The standard InChI is InChI=1S/C7H7NO2S/c1-10-7(9)6(2-8)5-3-11-4-5/h3-4H2,1H3. The van der Waals surface area contributed by atoms with E-state index in [-0.39, 0.29) is 5.57 Å². The molecule has 4 heteroatoms. The third kappa shape index (κ3) is 1.55. The molecule has 0 saturated carbocycles. The number of hydrogen-bond acceptors (Lipinski definition) is 4. The lowest BCUT2D eigenvalue weighted by Gasteiger charge is -2.16. The van der Waals surface area contributed by atoms with E-state index in [0.717, 1.165) is 17.1 Å². The number of nitrogens with zero attached hydrogens (tertiary/aromatic N) is 1. The van der Waals surface area contributed by atoms with Gasteiger partial charge in [0.2, 0.25) is 0 Å². The highest BCUT2D eigenvalue weighted by Crippen LogP contribution is 2.26. The van der Waals surface area contributed by atoms with Crippen molar-refractivity contribution in [1.82, 2.24) is 0 Å². The van der Waals surface area contributed by atoms with Crippen molar-refractivity contribution < 1.29 is 9.53 Å².